The Hall–Kier alpha value is -3.13. The molecule has 0 unspecified atom stereocenters. The van der Waals surface area contributed by atoms with Crippen LogP contribution in [0.5, 0.6) is 11.5 Å². The molecule has 0 spiro atoms. The Morgan fingerprint density at radius 1 is 0.964 bits per heavy atom. The highest BCUT2D eigenvalue weighted by molar-refractivity contribution is 7.80. The second-order valence-electron chi connectivity index (χ2n) is 5.86. The molecule has 7 nitrogen and oxygen atoms in total. The van der Waals surface area contributed by atoms with Crippen molar-refractivity contribution >= 4 is 29.1 Å². The highest BCUT2D eigenvalue weighted by Gasteiger charge is 2.14. The highest BCUT2D eigenvalue weighted by Crippen LogP contribution is 2.18. The highest BCUT2D eigenvalue weighted by atomic mass is 32.1. The van der Waals surface area contributed by atoms with Gasteiger partial charge in [-0.15, -0.1) is 0 Å². The Morgan fingerprint density at radius 3 is 2.36 bits per heavy atom. The minimum Gasteiger partial charge on any atom is -0.493 e. The molecular formula is C20H23N3O4S. The van der Waals surface area contributed by atoms with Gasteiger partial charge in [0.1, 0.15) is 11.5 Å². The third-order valence-electron chi connectivity index (χ3n) is 3.59. The van der Waals surface area contributed by atoms with E-state index in [2.05, 4.69) is 16.2 Å². The average molecular weight is 401 g/mol. The SMILES string of the molecule is CCCOc1ccccc1C(=O)NC(=S)NNC(=O)COc1ccccc1C. The van der Waals surface area contributed by atoms with Gasteiger partial charge in [-0.3, -0.25) is 25.8 Å². The Labute approximate surface area is 169 Å². The van der Waals surface area contributed by atoms with Crippen LogP contribution < -0.4 is 25.6 Å². The minimum atomic E-state index is -0.438. The number of carbonyl (C=O) groups excluding carboxylic acids is 2. The molecule has 0 fully saturated rings. The van der Waals surface area contributed by atoms with Crippen LogP contribution in [0.2, 0.25) is 0 Å². The van der Waals surface area contributed by atoms with E-state index < -0.39 is 11.8 Å². The molecule has 28 heavy (non-hydrogen) atoms. The molecule has 0 aromatic heterocycles. The molecule has 2 rings (SSSR count). The lowest BCUT2D eigenvalue weighted by atomic mass is 10.2. The topological polar surface area (TPSA) is 88.7 Å². The van der Waals surface area contributed by atoms with Gasteiger partial charge in [0.25, 0.3) is 11.8 Å². The van der Waals surface area contributed by atoms with Gasteiger partial charge in [0.05, 0.1) is 12.2 Å². The fourth-order valence-electron chi connectivity index (χ4n) is 2.22. The number of hydrogen-bond acceptors (Lipinski definition) is 5. The van der Waals surface area contributed by atoms with Gasteiger partial charge in [0.2, 0.25) is 0 Å². The molecule has 0 bridgehead atoms. The lowest BCUT2D eigenvalue weighted by Gasteiger charge is -2.13. The summed E-state index contributed by atoms with van der Waals surface area (Å²) in [7, 11) is 0. The first-order chi connectivity index (χ1) is 13.5. The van der Waals surface area contributed by atoms with Gasteiger partial charge < -0.3 is 9.47 Å². The Kier molecular flexibility index (Phi) is 8.23. The molecule has 0 heterocycles. The zero-order chi connectivity index (χ0) is 20.4. The largest absolute Gasteiger partial charge is 0.493 e. The number of carbonyl (C=O) groups is 2. The normalized spacial score (nSPS) is 9.93. The van der Waals surface area contributed by atoms with Crippen molar-refractivity contribution in [1.82, 2.24) is 16.2 Å². The third-order valence-corrected chi connectivity index (χ3v) is 3.79. The van der Waals surface area contributed by atoms with E-state index in [1.54, 1.807) is 30.3 Å². The Morgan fingerprint density at radius 2 is 1.64 bits per heavy atom. The van der Waals surface area contributed by atoms with Crippen molar-refractivity contribution in [3.63, 3.8) is 0 Å². The van der Waals surface area contributed by atoms with Crippen LogP contribution in [0.1, 0.15) is 29.3 Å². The fraction of sp³-hybridized carbons (Fsp3) is 0.250. The van der Waals surface area contributed by atoms with Crippen LogP contribution in [0, 0.1) is 6.92 Å². The van der Waals surface area contributed by atoms with Crippen molar-refractivity contribution in [2.24, 2.45) is 0 Å². The molecule has 0 aliphatic rings. The number of nitrogens with one attached hydrogen (secondary N) is 3. The fourth-order valence-corrected chi connectivity index (χ4v) is 2.36. The van der Waals surface area contributed by atoms with Gasteiger partial charge in [-0.25, -0.2) is 0 Å². The monoisotopic (exact) mass is 401 g/mol. The third kappa shape index (κ3) is 6.55. The first-order valence-electron chi connectivity index (χ1n) is 8.81. The summed E-state index contributed by atoms with van der Waals surface area (Å²) in [4.78, 5) is 24.2. The summed E-state index contributed by atoms with van der Waals surface area (Å²) in [5.41, 5.74) is 6.13. The van der Waals surface area contributed by atoms with Gasteiger partial charge in [0.15, 0.2) is 11.7 Å². The Bertz CT molecular complexity index is 842. The number of hydrazine groups is 1. The van der Waals surface area contributed by atoms with E-state index in [-0.39, 0.29) is 11.7 Å². The Balaban J connectivity index is 1.80. The summed E-state index contributed by atoms with van der Waals surface area (Å²) >= 11 is 5.04. The van der Waals surface area contributed by atoms with Crippen molar-refractivity contribution in [3.8, 4) is 11.5 Å². The molecule has 2 aromatic rings. The molecular weight excluding hydrogens is 378 g/mol. The second kappa shape index (κ2) is 10.9. The van der Waals surface area contributed by atoms with E-state index in [0.29, 0.717) is 23.7 Å². The number of para-hydroxylation sites is 2. The van der Waals surface area contributed by atoms with E-state index in [1.807, 2.05) is 32.0 Å². The average Bonchev–Trinajstić information content (AvgIpc) is 2.70. The van der Waals surface area contributed by atoms with E-state index in [9.17, 15) is 9.59 Å². The number of amides is 2. The van der Waals surface area contributed by atoms with E-state index >= 15 is 0 Å². The molecule has 0 aliphatic heterocycles. The van der Waals surface area contributed by atoms with Crippen LogP contribution in [-0.2, 0) is 4.79 Å². The smallest absolute Gasteiger partial charge is 0.276 e. The van der Waals surface area contributed by atoms with Gasteiger partial charge in [-0.05, 0) is 49.3 Å². The number of ether oxygens (including phenoxy) is 2. The van der Waals surface area contributed by atoms with Crippen molar-refractivity contribution in [2.75, 3.05) is 13.2 Å². The first-order valence-corrected chi connectivity index (χ1v) is 9.22. The first kappa shape index (κ1) is 21.2. The number of hydrogen-bond donors (Lipinski definition) is 3. The van der Waals surface area contributed by atoms with Crippen LogP contribution in [0.4, 0.5) is 0 Å². The van der Waals surface area contributed by atoms with E-state index in [0.717, 1.165) is 12.0 Å². The zero-order valence-corrected chi connectivity index (χ0v) is 16.6. The van der Waals surface area contributed by atoms with Crippen molar-refractivity contribution < 1.29 is 19.1 Å². The van der Waals surface area contributed by atoms with Gasteiger partial charge in [0, 0.05) is 0 Å². The molecule has 148 valence electrons. The molecule has 8 heteroatoms. The van der Waals surface area contributed by atoms with Crippen LogP contribution >= 0.6 is 12.2 Å². The number of benzene rings is 2. The van der Waals surface area contributed by atoms with Crippen molar-refractivity contribution in [1.29, 1.82) is 0 Å². The van der Waals surface area contributed by atoms with Gasteiger partial charge in [-0.2, -0.15) is 0 Å². The molecule has 0 saturated carbocycles. The quantitative estimate of drug-likeness (QED) is 0.488. The number of aryl methyl sites for hydroxylation is 1. The lowest BCUT2D eigenvalue weighted by molar-refractivity contribution is -0.123. The summed E-state index contributed by atoms with van der Waals surface area (Å²) in [5.74, 6) is 0.221. The van der Waals surface area contributed by atoms with Crippen molar-refractivity contribution in [2.45, 2.75) is 20.3 Å². The number of rotatable bonds is 7. The summed E-state index contributed by atoms with van der Waals surface area (Å²) in [6.07, 6.45) is 0.826. The summed E-state index contributed by atoms with van der Waals surface area (Å²) < 4.78 is 11.0. The molecule has 2 aromatic carbocycles. The van der Waals surface area contributed by atoms with Gasteiger partial charge >= 0.3 is 0 Å². The molecule has 3 N–H and O–H groups in total. The molecule has 0 aliphatic carbocycles. The standard InChI is InChI=1S/C20H23N3O4S/c1-3-12-26-17-11-7-5-9-15(17)19(25)21-20(28)23-22-18(24)13-27-16-10-6-4-8-14(16)2/h4-11H,3,12-13H2,1-2H3,(H,22,24)(H2,21,23,25,28). The zero-order valence-electron chi connectivity index (χ0n) is 15.8. The molecule has 2 amide bonds. The van der Waals surface area contributed by atoms with Crippen LogP contribution in [0.3, 0.4) is 0 Å². The second-order valence-corrected chi connectivity index (χ2v) is 6.26. The van der Waals surface area contributed by atoms with Gasteiger partial charge in [-0.1, -0.05) is 37.3 Å². The van der Waals surface area contributed by atoms with Crippen LogP contribution in [0.15, 0.2) is 48.5 Å². The summed E-state index contributed by atoms with van der Waals surface area (Å²) in [5, 5.41) is 2.46. The maximum absolute atomic E-state index is 12.4. The maximum atomic E-state index is 12.4. The van der Waals surface area contributed by atoms with Crippen molar-refractivity contribution in [3.05, 3.63) is 59.7 Å². The molecule has 0 radical (unpaired) electrons. The summed E-state index contributed by atoms with van der Waals surface area (Å²) in [6.45, 7) is 4.18. The van der Waals surface area contributed by atoms with E-state index in [4.69, 9.17) is 21.7 Å². The van der Waals surface area contributed by atoms with Crippen LogP contribution in [-0.4, -0.2) is 30.1 Å². The summed E-state index contributed by atoms with van der Waals surface area (Å²) in [6, 6.07) is 14.2. The van der Waals surface area contributed by atoms with E-state index in [1.165, 1.54) is 0 Å². The lowest BCUT2D eigenvalue weighted by Crippen LogP contribution is -2.49. The predicted molar refractivity (Wildman–Crippen MR) is 110 cm³/mol. The van der Waals surface area contributed by atoms with Crippen LogP contribution in [0.25, 0.3) is 0 Å². The molecule has 0 saturated heterocycles. The number of thiocarbonyl (C=S) groups is 1. The maximum Gasteiger partial charge on any atom is 0.276 e. The minimum absolute atomic E-state index is 0.0421. The molecule has 0 atom stereocenters. The predicted octanol–water partition coefficient (Wildman–Crippen LogP) is 2.50.